The third kappa shape index (κ3) is 5.09. The van der Waals surface area contributed by atoms with Gasteiger partial charge in [0.2, 0.25) is 11.8 Å². The zero-order valence-corrected chi connectivity index (χ0v) is 15.3. The molecule has 0 aromatic heterocycles. The predicted molar refractivity (Wildman–Crippen MR) is 104 cm³/mol. The monoisotopic (exact) mass is 351 g/mol. The second-order valence-corrected chi connectivity index (χ2v) is 6.94. The van der Waals surface area contributed by atoms with Crippen molar-refractivity contribution in [3.8, 4) is 0 Å². The van der Waals surface area contributed by atoms with Gasteiger partial charge in [0.25, 0.3) is 0 Å². The normalized spacial score (nSPS) is 13.2. The average Bonchev–Trinajstić information content (AvgIpc) is 3.45. The van der Waals surface area contributed by atoms with Gasteiger partial charge in [0.05, 0.1) is 6.54 Å². The molecule has 2 N–H and O–H groups in total. The number of amides is 2. The van der Waals surface area contributed by atoms with Crippen molar-refractivity contribution >= 4 is 23.2 Å². The van der Waals surface area contributed by atoms with Crippen LogP contribution in [0.3, 0.4) is 0 Å². The quantitative estimate of drug-likeness (QED) is 0.806. The molecule has 5 heteroatoms. The molecule has 0 aliphatic heterocycles. The summed E-state index contributed by atoms with van der Waals surface area (Å²) in [5.74, 6) is 0.225. The first-order valence-electron chi connectivity index (χ1n) is 8.95. The molecular weight excluding hydrogens is 326 g/mol. The van der Waals surface area contributed by atoms with E-state index in [1.165, 1.54) is 5.56 Å². The van der Waals surface area contributed by atoms with E-state index in [9.17, 15) is 9.59 Å². The summed E-state index contributed by atoms with van der Waals surface area (Å²) < 4.78 is 0. The molecule has 1 aliphatic carbocycles. The van der Waals surface area contributed by atoms with Gasteiger partial charge in [0.15, 0.2) is 0 Å². The van der Waals surface area contributed by atoms with Crippen molar-refractivity contribution in [1.82, 2.24) is 5.32 Å². The molecule has 2 aromatic rings. The first kappa shape index (κ1) is 18.0. The SMILES string of the molecule is Cc1cccc(N(C)CC(=O)NCc2cccc(NC(=O)C3CC3)c2)c1. The Morgan fingerprint density at radius 2 is 1.88 bits per heavy atom. The zero-order chi connectivity index (χ0) is 18.5. The first-order chi connectivity index (χ1) is 12.5. The molecule has 0 radical (unpaired) electrons. The number of nitrogens with one attached hydrogen (secondary N) is 2. The fourth-order valence-electron chi connectivity index (χ4n) is 2.78. The molecule has 0 bridgehead atoms. The van der Waals surface area contributed by atoms with Gasteiger partial charge >= 0.3 is 0 Å². The molecule has 1 saturated carbocycles. The van der Waals surface area contributed by atoms with E-state index in [0.29, 0.717) is 13.1 Å². The van der Waals surface area contributed by atoms with Crippen LogP contribution in [-0.2, 0) is 16.1 Å². The molecule has 0 spiro atoms. The molecule has 2 amide bonds. The highest BCUT2D eigenvalue weighted by Gasteiger charge is 2.29. The van der Waals surface area contributed by atoms with Crippen molar-refractivity contribution in [2.45, 2.75) is 26.3 Å². The molecule has 1 aliphatic rings. The maximum absolute atomic E-state index is 12.2. The number of carbonyl (C=O) groups is 2. The van der Waals surface area contributed by atoms with Crippen LogP contribution < -0.4 is 15.5 Å². The minimum atomic E-state index is -0.0403. The lowest BCUT2D eigenvalue weighted by molar-refractivity contribution is -0.120. The van der Waals surface area contributed by atoms with Crippen LogP contribution in [0.5, 0.6) is 0 Å². The van der Waals surface area contributed by atoms with Crippen molar-refractivity contribution in [3.63, 3.8) is 0 Å². The maximum atomic E-state index is 12.2. The van der Waals surface area contributed by atoms with Crippen LogP contribution in [0.1, 0.15) is 24.0 Å². The van der Waals surface area contributed by atoms with Crippen LogP contribution >= 0.6 is 0 Å². The van der Waals surface area contributed by atoms with E-state index < -0.39 is 0 Å². The third-order valence-electron chi connectivity index (χ3n) is 4.46. The van der Waals surface area contributed by atoms with Crippen LogP contribution in [-0.4, -0.2) is 25.4 Å². The Bertz CT molecular complexity index is 799. The highest BCUT2D eigenvalue weighted by atomic mass is 16.2. The Hall–Kier alpha value is -2.82. The van der Waals surface area contributed by atoms with Crippen molar-refractivity contribution in [1.29, 1.82) is 0 Å². The lowest BCUT2D eigenvalue weighted by Crippen LogP contribution is -2.34. The molecule has 1 fully saturated rings. The smallest absolute Gasteiger partial charge is 0.239 e. The van der Waals surface area contributed by atoms with Crippen molar-refractivity contribution < 1.29 is 9.59 Å². The molecule has 0 saturated heterocycles. The molecular formula is C21H25N3O2. The number of hydrogen-bond acceptors (Lipinski definition) is 3. The summed E-state index contributed by atoms with van der Waals surface area (Å²) in [7, 11) is 1.91. The van der Waals surface area contributed by atoms with E-state index in [-0.39, 0.29) is 17.7 Å². The summed E-state index contributed by atoms with van der Waals surface area (Å²) in [5, 5.41) is 5.87. The van der Waals surface area contributed by atoms with Gasteiger partial charge in [0, 0.05) is 30.9 Å². The molecule has 0 heterocycles. The molecule has 136 valence electrons. The van der Waals surface area contributed by atoms with Gasteiger partial charge in [-0.15, -0.1) is 0 Å². The topological polar surface area (TPSA) is 61.4 Å². The summed E-state index contributed by atoms with van der Waals surface area (Å²) in [6.07, 6.45) is 1.96. The molecule has 0 atom stereocenters. The van der Waals surface area contributed by atoms with E-state index in [2.05, 4.69) is 16.7 Å². The summed E-state index contributed by atoms with van der Waals surface area (Å²) in [6, 6.07) is 15.7. The van der Waals surface area contributed by atoms with Crippen LogP contribution in [0.4, 0.5) is 11.4 Å². The number of carbonyl (C=O) groups excluding carboxylic acids is 2. The van der Waals surface area contributed by atoms with Crippen molar-refractivity contribution in [3.05, 3.63) is 59.7 Å². The van der Waals surface area contributed by atoms with Gasteiger partial charge in [-0.3, -0.25) is 9.59 Å². The van der Waals surface area contributed by atoms with Crippen LogP contribution in [0.15, 0.2) is 48.5 Å². The number of aryl methyl sites for hydroxylation is 1. The Labute approximate surface area is 154 Å². The number of benzene rings is 2. The van der Waals surface area contributed by atoms with E-state index in [1.54, 1.807) is 0 Å². The third-order valence-corrected chi connectivity index (χ3v) is 4.46. The minimum Gasteiger partial charge on any atom is -0.365 e. The Kier molecular flexibility index (Phi) is 5.56. The Morgan fingerprint density at radius 1 is 1.12 bits per heavy atom. The van der Waals surface area contributed by atoms with Gasteiger partial charge in [-0.1, -0.05) is 24.3 Å². The number of nitrogens with zero attached hydrogens (tertiary/aromatic N) is 1. The number of rotatable bonds is 7. The standard InChI is InChI=1S/C21H25N3O2/c1-15-5-3-8-19(11-15)24(2)14-20(25)22-13-16-6-4-7-18(12-16)23-21(26)17-9-10-17/h3-8,11-12,17H,9-10,13-14H2,1-2H3,(H,22,25)(H,23,26). The fraction of sp³-hybridized carbons (Fsp3) is 0.333. The number of anilines is 2. The second-order valence-electron chi connectivity index (χ2n) is 6.94. The number of hydrogen-bond donors (Lipinski definition) is 2. The number of likely N-dealkylation sites (N-methyl/N-ethyl adjacent to an activating group) is 1. The summed E-state index contributed by atoms with van der Waals surface area (Å²) in [6.45, 7) is 2.77. The molecule has 5 nitrogen and oxygen atoms in total. The lowest BCUT2D eigenvalue weighted by Gasteiger charge is -2.19. The maximum Gasteiger partial charge on any atom is 0.239 e. The van der Waals surface area contributed by atoms with Gasteiger partial charge in [-0.05, 0) is 55.2 Å². The van der Waals surface area contributed by atoms with Crippen molar-refractivity contribution in [2.24, 2.45) is 5.92 Å². The van der Waals surface area contributed by atoms with Crippen LogP contribution in [0.2, 0.25) is 0 Å². The second kappa shape index (κ2) is 8.04. The van der Waals surface area contributed by atoms with Gasteiger partial charge in [0.1, 0.15) is 0 Å². The van der Waals surface area contributed by atoms with E-state index in [4.69, 9.17) is 0 Å². The zero-order valence-electron chi connectivity index (χ0n) is 15.3. The van der Waals surface area contributed by atoms with Gasteiger partial charge < -0.3 is 15.5 Å². The molecule has 0 unspecified atom stereocenters. The van der Waals surface area contributed by atoms with Crippen LogP contribution in [0, 0.1) is 12.8 Å². The van der Waals surface area contributed by atoms with E-state index in [0.717, 1.165) is 29.8 Å². The van der Waals surface area contributed by atoms with E-state index in [1.807, 2.05) is 61.3 Å². The fourth-order valence-corrected chi connectivity index (χ4v) is 2.78. The summed E-state index contributed by atoms with van der Waals surface area (Å²) >= 11 is 0. The molecule has 26 heavy (non-hydrogen) atoms. The van der Waals surface area contributed by atoms with E-state index >= 15 is 0 Å². The molecule has 3 rings (SSSR count). The molecule has 2 aromatic carbocycles. The predicted octanol–water partition coefficient (Wildman–Crippen LogP) is 3.10. The van der Waals surface area contributed by atoms with Crippen molar-refractivity contribution in [2.75, 3.05) is 23.8 Å². The van der Waals surface area contributed by atoms with Gasteiger partial charge in [-0.25, -0.2) is 0 Å². The van der Waals surface area contributed by atoms with Gasteiger partial charge in [-0.2, -0.15) is 0 Å². The summed E-state index contributed by atoms with van der Waals surface area (Å²) in [4.78, 5) is 26.0. The summed E-state index contributed by atoms with van der Waals surface area (Å²) in [5.41, 5.74) is 3.93. The minimum absolute atomic E-state index is 0.0403. The largest absolute Gasteiger partial charge is 0.365 e. The highest BCUT2D eigenvalue weighted by Crippen LogP contribution is 2.30. The first-order valence-corrected chi connectivity index (χ1v) is 8.95. The van der Waals surface area contributed by atoms with Crippen LogP contribution in [0.25, 0.3) is 0 Å². The Balaban J connectivity index is 1.50. The lowest BCUT2D eigenvalue weighted by atomic mass is 10.2. The highest BCUT2D eigenvalue weighted by molar-refractivity contribution is 5.94. The Morgan fingerprint density at radius 3 is 2.62 bits per heavy atom. The average molecular weight is 351 g/mol.